The van der Waals surface area contributed by atoms with Gasteiger partial charge in [-0.15, -0.1) is 0 Å². The highest BCUT2D eigenvalue weighted by Gasteiger charge is 2.25. The zero-order valence-corrected chi connectivity index (χ0v) is 22.4. The standard InChI is InChI=1S/C30H36FN3O5/c1-2-38-28(35)19-39-23-14-8-9-20(15-23)18-33-29(36)24-16-25(31)26(32-21-10-4-3-5-11-21)17-27(24)34(30(33)37)22-12-6-7-13-22/h8-9,14-17,21-22,32H,2-7,10-13,18-19H2,1H3. The minimum absolute atomic E-state index is 0.000623. The molecule has 208 valence electrons. The quantitative estimate of drug-likeness (QED) is 0.380. The SMILES string of the molecule is CCOC(=O)COc1cccc(Cn2c(=O)c3cc(F)c(NC4CCCCC4)cc3n(C3CCCC3)c2=O)c1. The molecule has 0 radical (unpaired) electrons. The number of ether oxygens (including phenoxy) is 2. The van der Waals surface area contributed by atoms with E-state index in [0.29, 0.717) is 22.5 Å². The molecule has 0 unspecified atom stereocenters. The third-order valence-corrected chi connectivity index (χ3v) is 7.81. The van der Waals surface area contributed by atoms with E-state index in [1.165, 1.54) is 17.1 Å². The highest BCUT2D eigenvalue weighted by atomic mass is 19.1. The predicted molar refractivity (Wildman–Crippen MR) is 148 cm³/mol. The molecule has 0 spiro atoms. The molecule has 2 aliphatic carbocycles. The van der Waals surface area contributed by atoms with E-state index >= 15 is 4.39 Å². The van der Waals surface area contributed by atoms with Crippen molar-refractivity contribution in [1.82, 2.24) is 9.13 Å². The lowest BCUT2D eigenvalue weighted by atomic mass is 9.95. The van der Waals surface area contributed by atoms with Gasteiger partial charge in [-0.1, -0.05) is 44.2 Å². The molecule has 39 heavy (non-hydrogen) atoms. The zero-order valence-electron chi connectivity index (χ0n) is 22.4. The summed E-state index contributed by atoms with van der Waals surface area (Å²) in [4.78, 5) is 39.1. The molecule has 0 bridgehead atoms. The Morgan fingerprint density at radius 1 is 1.03 bits per heavy atom. The van der Waals surface area contributed by atoms with Gasteiger partial charge in [-0.25, -0.2) is 14.0 Å². The van der Waals surface area contributed by atoms with E-state index < -0.39 is 23.0 Å². The molecular formula is C30H36FN3O5. The van der Waals surface area contributed by atoms with E-state index in [2.05, 4.69) is 5.32 Å². The second-order valence-corrected chi connectivity index (χ2v) is 10.6. The van der Waals surface area contributed by atoms with E-state index in [1.807, 2.05) is 0 Å². The molecule has 0 aliphatic heterocycles. The Morgan fingerprint density at radius 2 is 1.77 bits per heavy atom. The summed E-state index contributed by atoms with van der Waals surface area (Å²) in [7, 11) is 0. The Hall–Kier alpha value is -3.62. The molecule has 2 aromatic carbocycles. The lowest BCUT2D eigenvalue weighted by molar-refractivity contribution is -0.145. The Balaban J connectivity index is 1.52. The van der Waals surface area contributed by atoms with Gasteiger partial charge in [0.05, 0.1) is 29.7 Å². The van der Waals surface area contributed by atoms with Gasteiger partial charge in [0.2, 0.25) is 0 Å². The maximum Gasteiger partial charge on any atom is 0.344 e. The highest BCUT2D eigenvalue weighted by molar-refractivity contribution is 5.82. The number of esters is 1. The molecule has 0 amide bonds. The van der Waals surface area contributed by atoms with Gasteiger partial charge in [0.1, 0.15) is 11.6 Å². The number of aromatic nitrogens is 2. The topological polar surface area (TPSA) is 91.6 Å². The van der Waals surface area contributed by atoms with Gasteiger partial charge in [-0.3, -0.25) is 13.9 Å². The maximum atomic E-state index is 15.3. The van der Waals surface area contributed by atoms with Crippen LogP contribution in [0.15, 0.2) is 46.0 Å². The summed E-state index contributed by atoms with van der Waals surface area (Å²) in [5, 5.41) is 3.54. The summed E-state index contributed by atoms with van der Waals surface area (Å²) in [5.41, 5.74) is 0.574. The molecule has 5 rings (SSSR count). The lowest BCUT2D eigenvalue weighted by Gasteiger charge is -2.25. The molecule has 2 fully saturated rings. The summed E-state index contributed by atoms with van der Waals surface area (Å²) in [6.07, 6.45) is 9.07. The largest absolute Gasteiger partial charge is 0.482 e. The van der Waals surface area contributed by atoms with Crippen molar-refractivity contribution in [3.63, 3.8) is 0 Å². The Labute approximate surface area is 226 Å². The van der Waals surface area contributed by atoms with Crippen molar-refractivity contribution in [2.24, 2.45) is 0 Å². The summed E-state index contributed by atoms with van der Waals surface area (Å²) in [5.74, 6) is -0.537. The number of fused-ring (bicyclic) bond motifs is 1. The van der Waals surface area contributed by atoms with Crippen molar-refractivity contribution in [2.45, 2.75) is 83.3 Å². The smallest absolute Gasteiger partial charge is 0.344 e. The first-order valence-corrected chi connectivity index (χ1v) is 14.1. The molecule has 2 saturated carbocycles. The van der Waals surface area contributed by atoms with Crippen LogP contribution in [0.5, 0.6) is 5.75 Å². The molecule has 0 atom stereocenters. The lowest BCUT2D eigenvalue weighted by Crippen LogP contribution is -2.41. The first-order chi connectivity index (χ1) is 18.9. The summed E-state index contributed by atoms with van der Waals surface area (Å²) in [6.45, 7) is 1.75. The van der Waals surface area contributed by atoms with Crippen molar-refractivity contribution in [3.05, 3.63) is 68.6 Å². The highest BCUT2D eigenvalue weighted by Crippen LogP contribution is 2.32. The van der Waals surface area contributed by atoms with Crippen LogP contribution >= 0.6 is 0 Å². The summed E-state index contributed by atoms with van der Waals surface area (Å²) < 4.78 is 28.6. The van der Waals surface area contributed by atoms with Gasteiger partial charge in [-0.05, 0) is 62.4 Å². The maximum absolute atomic E-state index is 15.3. The molecular weight excluding hydrogens is 501 g/mol. The first-order valence-electron chi connectivity index (χ1n) is 14.1. The van der Waals surface area contributed by atoms with Crippen LogP contribution in [0.4, 0.5) is 10.1 Å². The van der Waals surface area contributed by atoms with E-state index in [1.54, 1.807) is 41.8 Å². The number of hydrogen-bond donors (Lipinski definition) is 1. The minimum atomic E-state index is -0.523. The van der Waals surface area contributed by atoms with Crippen molar-refractivity contribution < 1.29 is 18.7 Å². The fourth-order valence-corrected chi connectivity index (χ4v) is 5.89. The van der Waals surface area contributed by atoms with Crippen LogP contribution in [0.2, 0.25) is 0 Å². The van der Waals surface area contributed by atoms with Crippen LogP contribution < -0.4 is 21.3 Å². The third kappa shape index (κ3) is 6.02. The van der Waals surface area contributed by atoms with E-state index in [-0.39, 0.29) is 37.2 Å². The van der Waals surface area contributed by atoms with Crippen molar-refractivity contribution in [1.29, 1.82) is 0 Å². The molecule has 0 saturated heterocycles. The van der Waals surface area contributed by atoms with Gasteiger partial charge >= 0.3 is 11.7 Å². The number of hydrogen-bond acceptors (Lipinski definition) is 6. The Kier molecular flexibility index (Phi) is 8.33. The van der Waals surface area contributed by atoms with Crippen LogP contribution in [-0.2, 0) is 16.1 Å². The van der Waals surface area contributed by atoms with Crippen LogP contribution in [-0.4, -0.2) is 34.4 Å². The number of nitrogens with one attached hydrogen (secondary N) is 1. The normalized spacial score (nSPS) is 16.5. The third-order valence-electron chi connectivity index (χ3n) is 7.81. The van der Waals surface area contributed by atoms with Gasteiger partial charge in [0.25, 0.3) is 5.56 Å². The van der Waals surface area contributed by atoms with Crippen LogP contribution in [0.25, 0.3) is 10.9 Å². The number of benzene rings is 2. The van der Waals surface area contributed by atoms with Gasteiger partial charge < -0.3 is 14.8 Å². The number of carbonyl (C=O) groups excluding carboxylic acids is 1. The fourth-order valence-electron chi connectivity index (χ4n) is 5.89. The second-order valence-electron chi connectivity index (χ2n) is 10.6. The Morgan fingerprint density at radius 3 is 2.51 bits per heavy atom. The first kappa shape index (κ1) is 27.0. The Bertz CT molecular complexity index is 1450. The summed E-state index contributed by atoms with van der Waals surface area (Å²) in [6, 6.07) is 9.99. The molecule has 1 N–H and O–H groups in total. The zero-order chi connectivity index (χ0) is 27.4. The van der Waals surface area contributed by atoms with E-state index in [4.69, 9.17) is 9.47 Å². The monoisotopic (exact) mass is 537 g/mol. The predicted octanol–water partition coefficient (Wildman–Crippen LogP) is 5.15. The number of anilines is 1. The molecule has 3 aromatic rings. The molecule has 9 heteroatoms. The number of halogens is 1. The van der Waals surface area contributed by atoms with Gasteiger partial charge in [0, 0.05) is 12.1 Å². The number of nitrogens with zero attached hydrogens (tertiary/aromatic N) is 2. The summed E-state index contributed by atoms with van der Waals surface area (Å²) >= 11 is 0. The van der Waals surface area contributed by atoms with E-state index in [0.717, 1.165) is 51.4 Å². The molecule has 2 aliphatic rings. The number of rotatable bonds is 9. The second kappa shape index (κ2) is 12.1. The van der Waals surface area contributed by atoms with Gasteiger partial charge in [-0.2, -0.15) is 0 Å². The van der Waals surface area contributed by atoms with Crippen molar-refractivity contribution >= 4 is 22.6 Å². The van der Waals surface area contributed by atoms with Crippen molar-refractivity contribution in [3.8, 4) is 5.75 Å². The van der Waals surface area contributed by atoms with Crippen LogP contribution in [0, 0.1) is 5.82 Å². The average molecular weight is 538 g/mol. The molecule has 1 aromatic heterocycles. The minimum Gasteiger partial charge on any atom is -0.482 e. The fraction of sp³-hybridized carbons (Fsp3) is 0.500. The van der Waals surface area contributed by atoms with Crippen LogP contribution in [0.1, 0.15) is 76.3 Å². The van der Waals surface area contributed by atoms with Crippen molar-refractivity contribution in [2.75, 3.05) is 18.5 Å². The molecule has 1 heterocycles. The van der Waals surface area contributed by atoms with E-state index in [9.17, 15) is 14.4 Å². The number of carbonyl (C=O) groups is 1. The average Bonchev–Trinajstić information content (AvgIpc) is 3.47. The molecule has 8 nitrogen and oxygen atoms in total. The van der Waals surface area contributed by atoms with Gasteiger partial charge in [0.15, 0.2) is 6.61 Å². The van der Waals surface area contributed by atoms with Crippen LogP contribution in [0.3, 0.4) is 0 Å².